The van der Waals surface area contributed by atoms with E-state index in [1.165, 1.54) is 24.3 Å². The molecule has 1 aliphatic heterocycles. The maximum atomic E-state index is 14.2. The summed E-state index contributed by atoms with van der Waals surface area (Å²) < 4.78 is 21.1. The molecule has 1 aromatic heterocycles. The van der Waals surface area contributed by atoms with Crippen molar-refractivity contribution in [3.8, 4) is 11.4 Å². The van der Waals surface area contributed by atoms with Crippen LogP contribution in [-0.2, 0) is 9.59 Å². The second-order valence-corrected chi connectivity index (χ2v) is 6.41. The van der Waals surface area contributed by atoms with Crippen LogP contribution in [0, 0.1) is 5.82 Å². The molecule has 150 valence electrons. The topological polar surface area (TPSA) is 80.6 Å². The summed E-state index contributed by atoms with van der Waals surface area (Å²) in [5, 5.41) is 2.09. The molecule has 2 aromatic carbocycles. The second kappa shape index (κ2) is 7.67. The first-order valence-electron chi connectivity index (χ1n) is 8.97. The van der Waals surface area contributed by atoms with Crippen molar-refractivity contribution >= 4 is 29.6 Å². The van der Waals surface area contributed by atoms with E-state index in [0.717, 1.165) is 11.8 Å². The van der Waals surface area contributed by atoms with Gasteiger partial charge in [-0.25, -0.2) is 14.1 Å². The molecule has 1 saturated heterocycles. The minimum absolute atomic E-state index is 0.232. The summed E-state index contributed by atoms with van der Waals surface area (Å²) in [6.45, 7) is 0. The number of halogens is 1. The molecule has 0 radical (unpaired) electrons. The fourth-order valence-electron chi connectivity index (χ4n) is 3.15. The number of nitrogens with one attached hydrogen (secondary N) is 1. The van der Waals surface area contributed by atoms with Gasteiger partial charge in [-0.15, -0.1) is 0 Å². The summed E-state index contributed by atoms with van der Waals surface area (Å²) in [7, 11) is 1.57. The Morgan fingerprint density at radius 2 is 1.70 bits per heavy atom. The molecule has 8 heteroatoms. The number of carbonyl (C=O) groups excluding carboxylic acids is 3. The van der Waals surface area contributed by atoms with Crippen molar-refractivity contribution in [2.75, 3.05) is 12.0 Å². The van der Waals surface area contributed by atoms with Crippen LogP contribution in [0.25, 0.3) is 11.8 Å². The van der Waals surface area contributed by atoms with E-state index in [4.69, 9.17) is 4.74 Å². The lowest BCUT2D eigenvalue weighted by atomic mass is 10.1. The van der Waals surface area contributed by atoms with Crippen LogP contribution in [0.1, 0.15) is 5.69 Å². The maximum absolute atomic E-state index is 14.2. The molecule has 30 heavy (non-hydrogen) atoms. The van der Waals surface area contributed by atoms with Gasteiger partial charge in [-0.05, 0) is 54.6 Å². The van der Waals surface area contributed by atoms with E-state index >= 15 is 0 Å². The number of aromatic nitrogens is 1. The summed E-state index contributed by atoms with van der Waals surface area (Å²) in [6.07, 6.45) is 3.13. The number of para-hydroxylation sites is 1. The molecule has 1 aliphatic rings. The zero-order chi connectivity index (χ0) is 21.3. The first-order chi connectivity index (χ1) is 14.5. The number of methoxy groups -OCH3 is 1. The SMILES string of the molecule is COc1ccc(-n2cccc2/C=C2\C(=O)NC(=O)N(c3ccccc3F)C2=O)cc1. The van der Waals surface area contributed by atoms with Crippen LogP contribution in [0.3, 0.4) is 0 Å². The van der Waals surface area contributed by atoms with E-state index in [-0.39, 0.29) is 11.3 Å². The van der Waals surface area contributed by atoms with Crippen LogP contribution in [-0.4, -0.2) is 29.5 Å². The van der Waals surface area contributed by atoms with E-state index < -0.39 is 23.7 Å². The van der Waals surface area contributed by atoms with Gasteiger partial charge in [0.1, 0.15) is 17.1 Å². The first-order valence-corrected chi connectivity index (χ1v) is 8.97. The van der Waals surface area contributed by atoms with Gasteiger partial charge in [-0.2, -0.15) is 0 Å². The first kappa shape index (κ1) is 19.1. The number of anilines is 1. The minimum atomic E-state index is -1.00. The van der Waals surface area contributed by atoms with Crippen molar-refractivity contribution < 1.29 is 23.5 Å². The van der Waals surface area contributed by atoms with Gasteiger partial charge in [0.15, 0.2) is 0 Å². The van der Waals surface area contributed by atoms with Crippen LogP contribution in [0.15, 0.2) is 72.4 Å². The predicted molar refractivity (Wildman–Crippen MR) is 108 cm³/mol. The standard InChI is InChI=1S/C22H16FN3O4/c1-30-16-10-8-14(9-11-16)25-12-4-5-15(25)13-17-20(27)24-22(29)26(21(17)28)19-7-3-2-6-18(19)23/h2-13H,1H3,(H,24,27,29)/b17-13+. The molecule has 0 atom stereocenters. The Labute approximate surface area is 171 Å². The lowest BCUT2D eigenvalue weighted by Crippen LogP contribution is -2.54. The van der Waals surface area contributed by atoms with Crippen LogP contribution in [0.5, 0.6) is 5.75 Å². The van der Waals surface area contributed by atoms with Crippen molar-refractivity contribution in [1.82, 2.24) is 9.88 Å². The highest BCUT2D eigenvalue weighted by Gasteiger charge is 2.38. The molecule has 1 N–H and O–H groups in total. The Balaban J connectivity index is 1.74. The number of hydrogen-bond donors (Lipinski definition) is 1. The maximum Gasteiger partial charge on any atom is 0.336 e. The largest absolute Gasteiger partial charge is 0.497 e. The molecule has 3 aromatic rings. The van der Waals surface area contributed by atoms with E-state index in [2.05, 4.69) is 5.32 Å². The summed E-state index contributed by atoms with van der Waals surface area (Å²) in [4.78, 5) is 38.1. The number of urea groups is 1. The summed E-state index contributed by atoms with van der Waals surface area (Å²) in [5.41, 5.74) is 0.787. The van der Waals surface area contributed by atoms with Crippen molar-refractivity contribution in [2.24, 2.45) is 0 Å². The fourth-order valence-corrected chi connectivity index (χ4v) is 3.15. The van der Waals surface area contributed by atoms with Gasteiger partial charge in [0.25, 0.3) is 11.8 Å². The quantitative estimate of drug-likeness (QED) is 0.534. The monoisotopic (exact) mass is 405 g/mol. The molecular weight excluding hydrogens is 389 g/mol. The molecular formula is C22H16FN3O4. The van der Waals surface area contributed by atoms with Gasteiger partial charge in [0.05, 0.1) is 12.8 Å². The number of carbonyl (C=O) groups is 3. The average molecular weight is 405 g/mol. The molecule has 0 unspecified atom stereocenters. The number of barbiturate groups is 1. The number of rotatable bonds is 4. The Bertz CT molecular complexity index is 1180. The van der Waals surface area contributed by atoms with Gasteiger partial charge in [0.2, 0.25) is 0 Å². The zero-order valence-electron chi connectivity index (χ0n) is 15.8. The van der Waals surface area contributed by atoms with Gasteiger partial charge in [-0.1, -0.05) is 12.1 Å². The van der Waals surface area contributed by atoms with Gasteiger partial charge in [0, 0.05) is 17.6 Å². The van der Waals surface area contributed by atoms with Crippen molar-refractivity contribution in [2.45, 2.75) is 0 Å². The van der Waals surface area contributed by atoms with Crippen LogP contribution in [0.4, 0.5) is 14.9 Å². The highest BCUT2D eigenvalue weighted by Crippen LogP contribution is 2.25. The molecule has 0 aliphatic carbocycles. The van der Waals surface area contributed by atoms with Crippen LogP contribution < -0.4 is 15.0 Å². The van der Waals surface area contributed by atoms with Crippen molar-refractivity contribution in [3.05, 3.63) is 83.9 Å². The third kappa shape index (κ3) is 3.35. The molecule has 0 saturated carbocycles. The lowest BCUT2D eigenvalue weighted by Gasteiger charge is -2.26. The number of benzene rings is 2. The Morgan fingerprint density at radius 1 is 0.967 bits per heavy atom. The smallest absolute Gasteiger partial charge is 0.336 e. The van der Waals surface area contributed by atoms with Gasteiger partial charge < -0.3 is 9.30 Å². The zero-order valence-corrected chi connectivity index (χ0v) is 15.8. The van der Waals surface area contributed by atoms with E-state index in [9.17, 15) is 18.8 Å². The number of ether oxygens (including phenoxy) is 1. The summed E-state index contributed by atoms with van der Waals surface area (Å²) in [5.74, 6) is -1.82. The van der Waals surface area contributed by atoms with Crippen molar-refractivity contribution in [1.29, 1.82) is 0 Å². The number of imide groups is 2. The Hall–Kier alpha value is -4.20. The second-order valence-electron chi connectivity index (χ2n) is 6.41. The van der Waals surface area contributed by atoms with E-state index in [1.54, 1.807) is 42.1 Å². The third-order valence-corrected chi connectivity index (χ3v) is 4.62. The van der Waals surface area contributed by atoms with E-state index in [1.807, 2.05) is 12.1 Å². The lowest BCUT2D eigenvalue weighted by molar-refractivity contribution is -0.122. The third-order valence-electron chi connectivity index (χ3n) is 4.62. The van der Waals surface area contributed by atoms with Gasteiger partial charge >= 0.3 is 6.03 Å². The predicted octanol–water partition coefficient (Wildman–Crippen LogP) is 3.29. The van der Waals surface area contributed by atoms with Crippen LogP contribution in [0.2, 0.25) is 0 Å². The molecule has 7 nitrogen and oxygen atoms in total. The number of amides is 4. The fraction of sp³-hybridized carbons (Fsp3) is 0.0455. The van der Waals surface area contributed by atoms with Crippen LogP contribution >= 0.6 is 0 Å². The number of hydrogen-bond acceptors (Lipinski definition) is 4. The van der Waals surface area contributed by atoms with E-state index in [0.29, 0.717) is 16.3 Å². The normalized spacial score (nSPS) is 15.5. The Morgan fingerprint density at radius 3 is 2.40 bits per heavy atom. The molecule has 2 heterocycles. The average Bonchev–Trinajstić information content (AvgIpc) is 3.20. The number of nitrogens with zero attached hydrogens (tertiary/aromatic N) is 2. The molecule has 4 rings (SSSR count). The van der Waals surface area contributed by atoms with Crippen molar-refractivity contribution in [3.63, 3.8) is 0 Å². The molecule has 1 fully saturated rings. The summed E-state index contributed by atoms with van der Waals surface area (Å²) >= 11 is 0. The molecule has 4 amide bonds. The Kier molecular flexibility index (Phi) is 4.89. The highest BCUT2D eigenvalue weighted by atomic mass is 19.1. The molecule has 0 spiro atoms. The highest BCUT2D eigenvalue weighted by molar-refractivity contribution is 6.39. The summed E-state index contributed by atoms with van der Waals surface area (Å²) in [6, 6.07) is 15.0. The molecule has 0 bridgehead atoms. The van der Waals surface area contributed by atoms with Gasteiger partial charge in [-0.3, -0.25) is 14.9 Å². The minimum Gasteiger partial charge on any atom is -0.497 e.